The largest absolute Gasteiger partial charge is 0.342 e. The van der Waals surface area contributed by atoms with Crippen LogP contribution in [0.25, 0.3) is 0 Å². The molecule has 3 unspecified atom stereocenters. The SMILES string of the molecule is CC1(C)CN(C(=O)C23CC4C[C@@](c5ccccc5)(C2)C[C@@]4(C)C3)CCC1N. The Labute approximate surface area is 163 Å². The van der Waals surface area contributed by atoms with Gasteiger partial charge in [-0.2, -0.15) is 0 Å². The van der Waals surface area contributed by atoms with Crippen molar-refractivity contribution < 1.29 is 4.79 Å². The number of nitrogens with two attached hydrogens (primary N) is 1. The van der Waals surface area contributed by atoms with Crippen molar-refractivity contribution in [3.05, 3.63) is 35.9 Å². The molecule has 1 aliphatic heterocycles. The molecule has 1 saturated heterocycles. The Morgan fingerprint density at radius 1 is 1.07 bits per heavy atom. The molecule has 2 N–H and O–H groups in total. The second-order valence-electron chi connectivity index (χ2n) is 11.3. The Kier molecular flexibility index (Phi) is 3.53. The van der Waals surface area contributed by atoms with Crippen LogP contribution in [0.15, 0.2) is 30.3 Å². The molecule has 4 bridgehead atoms. The maximum absolute atomic E-state index is 13.9. The minimum atomic E-state index is -0.136. The van der Waals surface area contributed by atoms with Crippen molar-refractivity contribution in [1.82, 2.24) is 4.90 Å². The van der Waals surface area contributed by atoms with Gasteiger partial charge in [0.1, 0.15) is 0 Å². The van der Waals surface area contributed by atoms with Crippen molar-refractivity contribution in [3.63, 3.8) is 0 Å². The molecule has 0 radical (unpaired) electrons. The second-order valence-corrected chi connectivity index (χ2v) is 11.3. The Bertz CT molecular complexity index is 774. The molecule has 1 aromatic rings. The Morgan fingerprint density at radius 3 is 2.48 bits per heavy atom. The van der Waals surface area contributed by atoms with E-state index in [9.17, 15) is 4.79 Å². The number of carbonyl (C=O) groups excluding carboxylic acids is 1. The van der Waals surface area contributed by atoms with E-state index < -0.39 is 0 Å². The highest BCUT2D eigenvalue weighted by molar-refractivity contribution is 5.84. The monoisotopic (exact) mass is 366 g/mol. The predicted octanol–water partition coefficient (Wildman–Crippen LogP) is 4.11. The van der Waals surface area contributed by atoms with Crippen LogP contribution in [0.5, 0.6) is 0 Å². The topological polar surface area (TPSA) is 46.3 Å². The second kappa shape index (κ2) is 5.37. The fraction of sp³-hybridized carbons (Fsp3) is 0.708. The molecule has 1 aromatic carbocycles. The van der Waals surface area contributed by atoms with Crippen molar-refractivity contribution in [2.75, 3.05) is 13.1 Å². The third kappa shape index (κ3) is 2.40. The van der Waals surface area contributed by atoms with E-state index in [-0.39, 0.29) is 22.3 Å². The fourth-order valence-electron chi connectivity index (χ4n) is 7.70. The van der Waals surface area contributed by atoms with Crippen LogP contribution in [-0.4, -0.2) is 29.9 Å². The van der Waals surface area contributed by atoms with Crippen LogP contribution in [0.4, 0.5) is 0 Å². The van der Waals surface area contributed by atoms with Gasteiger partial charge in [0.25, 0.3) is 0 Å². The van der Waals surface area contributed by atoms with Gasteiger partial charge in [-0.1, -0.05) is 51.1 Å². The lowest BCUT2D eigenvalue weighted by Crippen LogP contribution is -2.58. The summed E-state index contributed by atoms with van der Waals surface area (Å²) < 4.78 is 0. The van der Waals surface area contributed by atoms with Crippen molar-refractivity contribution in [3.8, 4) is 0 Å². The van der Waals surface area contributed by atoms with E-state index in [1.807, 2.05) is 0 Å². The zero-order valence-electron chi connectivity index (χ0n) is 17.1. The maximum atomic E-state index is 13.9. The molecule has 1 amide bonds. The number of benzene rings is 1. The average molecular weight is 367 g/mol. The summed E-state index contributed by atoms with van der Waals surface area (Å²) in [4.78, 5) is 16.1. The van der Waals surface area contributed by atoms with Gasteiger partial charge in [0.15, 0.2) is 0 Å². The Hall–Kier alpha value is -1.35. The van der Waals surface area contributed by atoms with Crippen molar-refractivity contribution in [2.45, 2.75) is 70.8 Å². The normalized spacial score (nSPS) is 44.7. The smallest absolute Gasteiger partial charge is 0.228 e. The molecule has 3 nitrogen and oxygen atoms in total. The molecule has 5 atom stereocenters. The van der Waals surface area contributed by atoms with Crippen molar-refractivity contribution in [1.29, 1.82) is 0 Å². The van der Waals surface area contributed by atoms with Gasteiger partial charge in [0.2, 0.25) is 5.91 Å². The molecule has 0 aromatic heterocycles. The van der Waals surface area contributed by atoms with Crippen LogP contribution in [0.1, 0.15) is 64.9 Å². The molecule has 27 heavy (non-hydrogen) atoms. The summed E-state index contributed by atoms with van der Waals surface area (Å²) in [6.45, 7) is 8.56. The van der Waals surface area contributed by atoms with Crippen LogP contribution in [0.3, 0.4) is 0 Å². The number of rotatable bonds is 2. The number of piperidine rings is 1. The molecular weight excluding hydrogens is 332 g/mol. The number of likely N-dealkylation sites (tertiary alicyclic amines) is 1. The van der Waals surface area contributed by atoms with Crippen LogP contribution in [0.2, 0.25) is 0 Å². The number of carbonyl (C=O) groups is 1. The van der Waals surface area contributed by atoms with Crippen LogP contribution in [-0.2, 0) is 10.2 Å². The molecule has 3 heteroatoms. The zero-order chi connectivity index (χ0) is 19.1. The van der Waals surface area contributed by atoms with Gasteiger partial charge in [-0.05, 0) is 66.3 Å². The fourth-order valence-corrected chi connectivity index (χ4v) is 7.70. The van der Waals surface area contributed by atoms with E-state index in [4.69, 9.17) is 5.73 Å². The lowest BCUT2D eigenvalue weighted by molar-refractivity contribution is -0.150. The molecule has 1 heterocycles. The highest BCUT2D eigenvalue weighted by atomic mass is 16.2. The van der Waals surface area contributed by atoms with E-state index in [2.05, 4.69) is 56.0 Å². The number of nitrogens with zero attached hydrogens (tertiary/aromatic N) is 1. The minimum Gasteiger partial charge on any atom is -0.342 e. The summed E-state index contributed by atoms with van der Waals surface area (Å²) in [7, 11) is 0. The maximum Gasteiger partial charge on any atom is 0.228 e. The third-order valence-corrected chi connectivity index (χ3v) is 8.86. The van der Waals surface area contributed by atoms with Crippen molar-refractivity contribution >= 4 is 5.91 Å². The summed E-state index contributed by atoms with van der Waals surface area (Å²) in [6.07, 6.45) is 6.73. The molecule has 5 fully saturated rings. The van der Waals surface area contributed by atoms with E-state index >= 15 is 0 Å². The van der Waals surface area contributed by atoms with E-state index in [0.29, 0.717) is 17.2 Å². The Balaban J connectivity index is 1.48. The van der Waals surface area contributed by atoms with Gasteiger partial charge in [-0.3, -0.25) is 4.79 Å². The first-order valence-corrected chi connectivity index (χ1v) is 10.8. The summed E-state index contributed by atoms with van der Waals surface area (Å²) in [5.41, 5.74) is 8.24. The van der Waals surface area contributed by atoms with Gasteiger partial charge in [-0.15, -0.1) is 0 Å². The van der Waals surface area contributed by atoms with E-state index in [1.54, 1.807) is 0 Å². The van der Waals surface area contributed by atoms with Gasteiger partial charge < -0.3 is 10.6 Å². The van der Waals surface area contributed by atoms with E-state index in [1.165, 1.54) is 18.4 Å². The molecule has 4 aliphatic carbocycles. The molecule has 6 rings (SSSR count). The summed E-state index contributed by atoms with van der Waals surface area (Å²) in [5.74, 6) is 1.14. The number of amides is 1. The first-order valence-electron chi connectivity index (χ1n) is 10.8. The molecule has 0 spiro atoms. The number of hydrogen-bond donors (Lipinski definition) is 1. The summed E-state index contributed by atoms with van der Waals surface area (Å²) >= 11 is 0. The molecule has 146 valence electrons. The first-order chi connectivity index (χ1) is 12.7. The molecular formula is C24H34N2O. The quantitative estimate of drug-likeness (QED) is 0.856. The van der Waals surface area contributed by atoms with Gasteiger partial charge in [-0.25, -0.2) is 0 Å². The lowest BCUT2D eigenvalue weighted by Gasteiger charge is -2.51. The third-order valence-electron chi connectivity index (χ3n) is 8.86. The number of hydrogen-bond acceptors (Lipinski definition) is 2. The zero-order valence-corrected chi connectivity index (χ0v) is 17.1. The van der Waals surface area contributed by atoms with Crippen molar-refractivity contribution in [2.24, 2.45) is 27.9 Å². The van der Waals surface area contributed by atoms with Crippen LogP contribution >= 0.6 is 0 Å². The Morgan fingerprint density at radius 2 is 1.81 bits per heavy atom. The average Bonchev–Trinajstić information content (AvgIpc) is 2.96. The molecule has 5 aliphatic rings. The minimum absolute atomic E-state index is 0.0150. The molecule has 4 saturated carbocycles. The van der Waals surface area contributed by atoms with Gasteiger partial charge in [0, 0.05) is 19.1 Å². The van der Waals surface area contributed by atoms with Gasteiger partial charge >= 0.3 is 0 Å². The van der Waals surface area contributed by atoms with Gasteiger partial charge in [0.05, 0.1) is 5.41 Å². The highest BCUT2D eigenvalue weighted by Gasteiger charge is 2.70. The summed E-state index contributed by atoms with van der Waals surface area (Å²) in [5, 5.41) is 0. The predicted molar refractivity (Wildman–Crippen MR) is 108 cm³/mol. The highest BCUT2D eigenvalue weighted by Crippen LogP contribution is 2.75. The standard InChI is InChI=1S/C24H34N2O/c1-21(2)16-26(10-9-19(21)25)20(27)24-12-18-11-23(15-24,13-22(18,3)14-24)17-7-5-4-6-8-17/h4-8,18-19H,9-16,25H2,1-3H3/t18?,19?,22-,23-,24?/m0/s1. The van der Waals surface area contributed by atoms with E-state index in [0.717, 1.165) is 38.8 Å². The summed E-state index contributed by atoms with van der Waals surface area (Å²) in [6, 6.07) is 11.3. The van der Waals surface area contributed by atoms with Crippen LogP contribution < -0.4 is 5.73 Å². The first kappa shape index (κ1) is 17.7. The lowest BCUT2D eigenvalue weighted by atomic mass is 9.57. The van der Waals surface area contributed by atoms with Crippen LogP contribution in [0, 0.1) is 22.2 Å².